The van der Waals surface area contributed by atoms with Gasteiger partial charge in [0.1, 0.15) is 0 Å². The Morgan fingerprint density at radius 1 is 1.33 bits per heavy atom. The van der Waals surface area contributed by atoms with Crippen LogP contribution >= 0.6 is 0 Å². The molecule has 8 nitrogen and oxygen atoms in total. The fourth-order valence-electron chi connectivity index (χ4n) is 3.42. The molecule has 0 saturated carbocycles. The second-order valence-electron chi connectivity index (χ2n) is 6.68. The van der Waals surface area contributed by atoms with Gasteiger partial charge in [0, 0.05) is 55.8 Å². The number of nitrogens with one attached hydrogen (secondary N) is 1. The van der Waals surface area contributed by atoms with Gasteiger partial charge in [-0.1, -0.05) is 0 Å². The van der Waals surface area contributed by atoms with Crippen LogP contribution < -0.4 is 5.32 Å². The number of nitro benzene ring substituents is 1. The van der Waals surface area contributed by atoms with Gasteiger partial charge in [0.25, 0.3) is 11.6 Å². The molecule has 1 aromatic heterocycles. The third-order valence-electron chi connectivity index (χ3n) is 4.92. The van der Waals surface area contributed by atoms with Crippen molar-refractivity contribution >= 4 is 11.6 Å². The van der Waals surface area contributed by atoms with Crippen molar-refractivity contribution in [2.45, 2.75) is 13.0 Å². The summed E-state index contributed by atoms with van der Waals surface area (Å²) in [5.41, 5.74) is 2.03. The van der Waals surface area contributed by atoms with Crippen LogP contribution in [0.4, 0.5) is 5.69 Å². The number of nitrogens with zero attached hydrogens (tertiary/aromatic N) is 3. The smallest absolute Gasteiger partial charge is 0.272 e. The minimum Gasteiger partial charge on any atom is -0.379 e. The van der Waals surface area contributed by atoms with E-state index in [1.54, 1.807) is 13.0 Å². The van der Waals surface area contributed by atoms with Crippen LogP contribution in [0.3, 0.4) is 0 Å². The van der Waals surface area contributed by atoms with Gasteiger partial charge in [-0.3, -0.25) is 19.8 Å². The molecule has 0 aliphatic carbocycles. The molecule has 1 aliphatic heterocycles. The SMILES string of the molecule is Cc1cc(C(=O)NCC(c2cccn2C)N2CCOCC2)ccc1[N+](=O)[O-]. The maximum absolute atomic E-state index is 12.6. The number of amides is 1. The zero-order valence-electron chi connectivity index (χ0n) is 15.6. The molecule has 0 bridgehead atoms. The molecule has 2 aromatic rings. The largest absolute Gasteiger partial charge is 0.379 e. The lowest BCUT2D eigenvalue weighted by atomic mass is 10.1. The molecule has 8 heteroatoms. The number of carbonyl (C=O) groups is 1. The summed E-state index contributed by atoms with van der Waals surface area (Å²) in [6, 6.07) is 8.51. The van der Waals surface area contributed by atoms with E-state index in [1.165, 1.54) is 12.1 Å². The molecule has 1 fully saturated rings. The highest BCUT2D eigenvalue weighted by Crippen LogP contribution is 2.22. The van der Waals surface area contributed by atoms with Crippen LogP contribution in [0, 0.1) is 17.0 Å². The number of hydrogen-bond donors (Lipinski definition) is 1. The summed E-state index contributed by atoms with van der Waals surface area (Å²) in [4.78, 5) is 25.4. The second-order valence-corrected chi connectivity index (χ2v) is 6.68. The molecular weight excluding hydrogens is 348 g/mol. The fraction of sp³-hybridized carbons (Fsp3) is 0.421. The Hall–Kier alpha value is -2.71. The topological polar surface area (TPSA) is 89.6 Å². The van der Waals surface area contributed by atoms with Gasteiger partial charge in [-0.05, 0) is 31.2 Å². The summed E-state index contributed by atoms with van der Waals surface area (Å²) in [5, 5.41) is 13.9. The summed E-state index contributed by atoms with van der Waals surface area (Å²) in [6.45, 7) is 5.06. The Balaban J connectivity index is 1.73. The first-order valence-electron chi connectivity index (χ1n) is 8.93. The number of aromatic nitrogens is 1. The van der Waals surface area contributed by atoms with Crippen molar-refractivity contribution in [3.63, 3.8) is 0 Å². The Kier molecular flexibility index (Phi) is 5.88. The van der Waals surface area contributed by atoms with E-state index in [9.17, 15) is 14.9 Å². The van der Waals surface area contributed by atoms with Crippen LogP contribution in [0.25, 0.3) is 0 Å². The van der Waals surface area contributed by atoms with Crippen molar-refractivity contribution in [2.24, 2.45) is 7.05 Å². The van der Waals surface area contributed by atoms with Crippen molar-refractivity contribution in [1.82, 2.24) is 14.8 Å². The first kappa shape index (κ1) is 19.1. The van der Waals surface area contributed by atoms with Crippen LogP contribution in [0.5, 0.6) is 0 Å². The molecule has 1 amide bonds. The summed E-state index contributed by atoms with van der Waals surface area (Å²) >= 11 is 0. The number of carbonyl (C=O) groups excluding carboxylic acids is 1. The average Bonchev–Trinajstić information content (AvgIpc) is 3.08. The Bertz CT molecular complexity index is 827. The number of benzene rings is 1. The van der Waals surface area contributed by atoms with Gasteiger partial charge < -0.3 is 14.6 Å². The van der Waals surface area contributed by atoms with Gasteiger partial charge in [-0.15, -0.1) is 0 Å². The monoisotopic (exact) mass is 372 g/mol. The zero-order chi connectivity index (χ0) is 19.4. The predicted octanol–water partition coefficient (Wildman–Crippen LogP) is 2.05. The second kappa shape index (κ2) is 8.32. The van der Waals surface area contributed by atoms with E-state index >= 15 is 0 Å². The van der Waals surface area contributed by atoms with E-state index in [4.69, 9.17) is 4.74 Å². The van der Waals surface area contributed by atoms with Crippen LogP contribution in [0.1, 0.15) is 27.7 Å². The Morgan fingerprint density at radius 3 is 2.67 bits per heavy atom. The van der Waals surface area contributed by atoms with Gasteiger partial charge in [-0.25, -0.2) is 0 Å². The zero-order valence-corrected chi connectivity index (χ0v) is 15.6. The lowest BCUT2D eigenvalue weighted by Gasteiger charge is -2.35. The molecule has 1 N–H and O–H groups in total. The van der Waals surface area contributed by atoms with Crippen molar-refractivity contribution < 1.29 is 14.5 Å². The minimum atomic E-state index is -0.444. The normalized spacial score (nSPS) is 16.1. The molecule has 27 heavy (non-hydrogen) atoms. The van der Waals surface area contributed by atoms with Gasteiger partial charge in [0.15, 0.2) is 0 Å². The highest BCUT2D eigenvalue weighted by molar-refractivity contribution is 5.94. The molecule has 1 unspecified atom stereocenters. The number of aryl methyl sites for hydroxylation is 2. The van der Waals surface area contributed by atoms with Gasteiger partial charge in [0.2, 0.25) is 0 Å². The third kappa shape index (κ3) is 4.35. The first-order chi connectivity index (χ1) is 13.0. The molecule has 0 radical (unpaired) electrons. The maximum atomic E-state index is 12.6. The standard InChI is InChI=1S/C19H24N4O4/c1-14-12-15(5-6-16(14)23(25)26)19(24)20-13-18(17-4-3-7-21(17)2)22-8-10-27-11-9-22/h3-7,12,18H,8-11,13H2,1-2H3,(H,20,24). The highest BCUT2D eigenvalue weighted by atomic mass is 16.6. The lowest BCUT2D eigenvalue weighted by molar-refractivity contribution is -0.385. The number of rotatable bonds is 6. The van der Waals surface area contributed by atoms with Gasteiger partial charge in [0.05, 0.1) is 24.2 Å². The third-order valence-corrected chi connectivity index (χ3v) is 4.92. The molecular formula is C19H24N4O4. The first-order valence-corrected chi connectivity index (χ1v) is 8.93. The van der Waals surface area contributed by atoms with Gasteiger partial charge >= 0.3 is 0 Å². The van der Waals surface area contributed by atoms with E-state index in [-0.39, 0.29) is 17.6 Å². The summed E-state index contributed by atoms with van der Waals surface area (Å²) in [6.07, 6.45) is 1.99. The van der Waals surface area contributed by atoms with E-state index < -0.39 is 4.92 Å². The molecule has 1 aromatic carbocycles. The Morgan fingerprint density at radius 2 is 2.07 bits per heavy atom. The summed E-state index contributed by atoms with van der Waals surface area (Å²) < 4.78 is 7.50. The number of nitro groups is 1. The van der Waals surface area contributed by atoms with Crippen molar-refractivity contribution in [3.05, 3.63) is 63.5 Å². The van der Waals surface area contributed by atoms with Crippen LogP contribution in [-0.2, 0) is 11.8 Å². The van der Waals surface area contributed by atoms with Crippen LogP contribution in [0.15, 0.2) is 36.5 Å². The minimum absolute atomic E-state index is 0.0153. The molecule has 2 heterocycles. The van der Waals surface area contributed by atoms with Crippen molar-refractivity contribution in [1.29, 1.82) is 0 Å². The molecule has 1 saturated heterocycles. The van der Waals surface area contributed by atoms with E-state index in [1.807, 2.05) is 19.3 Å². The van der Waals surface area contributed by atoms with Gasteiger partial charge in [-0.2, -0.15) is 0 Å². The highest BCUT2D eigenvalue weighted by Gasteiger charge is 2.25. The van der Waals surface area contributed by atoms with E-state index in [0.29, 0.717) is 30.9 Å². The quantitative estimate of drug-likeness (QED) is 0.619. The molecule has 144 valence electrons. The maximum Gasteiger partial charge on any atom is 0.272 e. The molecule has 1 aliphatic rings. The Labute approximate surface area is 157 Å². The molecule has 1 atom stereocenters. The van der Waals surface area contributed by atoms with Crippen LogP contribution in [-0.4, -0.2) is 53.1 Å². The van der Waals surface area contributed by atoms with E-state index in [2.05, 4.69) is 20.9 Å². The number of ether oxygens (including phenoxy) is 1. The summed E-state index contributed by atoms with van der Waals surface area (Å²) in [5.74, 6) is -0.236. The molecule has 0 spiro atoms. The summed E-state index contributed by atoms with van der Waals surface area (Å²) in [7, 11) is 1.99. The lowest BCUT2D eigenvalue weighted by Crippen LogP contribution is -2.44. The van der Waals surface area contributed by atoms with E-state index in [0.717, 1.165) is 18.8 Å². The van der Waals surface area contributed by atoms with Crippen LogP contribution in [0.2, 0.25) is 0 Å². The van der Waals surface area contributed by atoms with Crippen molar-refractivity contribution in [3.8, 4) is 0 Å². The molecule has 3 rings (SSSR count). The number of hydrogen-bond acceptors (Lipinski definition) is 5. The average molecular weight is 372 g/mol. The number of morpholine rings is 1. The fourth-order valence-corrected chi connectivity index (χ4v) is 3.42. The predicted molar refractivity (Wildman–Crippen MR) is 101 cm³/mol. The van der Waals surface area contributed by atoms with Crippen molar-refractivity contribution in [2.75, 3.05) is 32.8 Å².